The van der Waals surface area contributed by atoms with Crippen LogP contribution in [0.15, 0.2) is 24.4 Å². The zero-order chi connectivity index (χ0) is 27.5. The smallest absolute Gasteiger partial charge is 0.410 e. The highest BCUT2D eigenvalue weighted by molar-refractivity contribution is 6.34. The number of rotatable bonds is 7. The maximum Gasteiger partial charge on any atom is 0.410 e. The van der Waals surface area contributed by atoms with Gasteiger partial charge < -0.3 is 25.7 Å². The summed E-state index contributed by atoms with van der Waals surface area (Å²) in [5.41, 5.74) is 2.11. The molecule has 0 fully saturated rings. The number of hydrogen-bond donors (Lipinski definition) is 4. The summed E-state index contributed by atoms with van der Waals surface area (Å²) in [5.74, 6) is -1.57. The van der Waals surface area contributed by atoms with E-state index in [1.54, 1.807) is 40.7 Å². The third-order valence-electron chi connectivity index (χ3n) is 5.83. The Morgan fingerprint density at radius 3 is 2.54 bits per heavy atom. The second-order valence-electron chi connectivity index (χ2n) is 9.76. The van der Waals surface area contributed by atoms with Crippen LogP contribution in [-0.4, -0.2) is 65.5 Å². The first kappa shape index (κ1) is 27.4. The first-order chi connectivity index (χ1) is 17.3. The van der Waals surface area contributed by atoms with Crippen LogP contribution in [0.4, 0.5) is 14.9 Å². The van der Waals surface area contributed by atoms with Gasteiger partial charge in [-0.25, -0.2) is 9.18 Å². The van der Waals surface area contributed by atoms with Gasteiger partial charge in [-0.15, -0.1) is 0 Å². The molecule has 0 radical (unpaired) electrons. The van der Waals surface area contributed by atoms with Crippen molar-refractivity contribution in [2.75, 3.05) is 25.5 Å². The van der Waals surface area contributed by atoms with E-state index in [1.165, 1.54) is 36.3 Å². The molecule has 0 spiro atoms. The minimum absolute atomic E-state index is 0.153. The Morgan fingerprint density at radius 2 is 1.86 bits per heavy atom. The lowest BCUT2D eigenvalue weighted by Gasteiger charge is -2.28. The van der Waals surface area contributed by atoms with Crippen LogP contribution in [0.3, 0.4) is 0 Å². The van der Waals surface area contributed by atoms with E-state index >= 15 is 0 Å². The van der Waals surface area contributed by atoms with Gasteiger partial charge in [-0.2, -0.15) is 0 Å². The van der Waals surface area contributed by atoms with Crippen molar-refractivity contribution >= 4 is 41.2 Å². The number of nitrogens with one attached hydrogen (secondary N) is 4. The molecule has 198 valence electrons. The van der Waals surface area contributed by atoms with Crippen molar-refractivity contribution in [1.29, 1.82) is 0 Å². The molecule has 1 aromatic heterocycles. The van der Waals surface area contributed by atoms with Crippen LogP contribution in [0.2, 0.25) is 0 Å². The molecule has 3 rings (SSSR count). The molecular formula is C26H32FN5O5. The van der Waals surface area contributed by atoms with Gasteiger partial charge in [-0.1, -0.05) is 0 Å². The summed E-state index contributed by atoms with van der Waals surface area (Å²) in [6.07, 6.45) is 2.49. The largest absolute Gasteiger partial charge is 0.444 e. The Hall–Kier alpha value is -4.15. The lowest BCUT2D eigenvalue weighted by molar-refractivity contribution is -0.125. The highest BCUT2D eigenvalue weighted by Crippen LogP contribution is 2.34. The zero-order valence-corrected chi connectivity index (χ0v) is 21.7. The molecule has 1 atom stereocenters. The molecule has 0 unspecified atom stereocenters. The van der Waals surface area contributed by atoms with E-state index < -0.39 is 23.6 Å². The maximum absolute atomic E-state index is 13.7. The fraction of sp³-hybridized carbons (Fsp3) is 0.385. The quantitative estimate of drug-likeness (QED) is 0.334. The van der Waals surface area contributed by atoms with Gasteiger partial charge in [0, 0.05) is 43.3 Å². The first-order valence-corrected chi connectivity index (χ1v) is 11.8. The molecule has 0 bridgehead atoms. The van der Waals surface area contributed by atoms with E-state index in [0.29, 0.717) is 33.6 Å². The van der Waals surface area contributed by atoms with Crippen molar-refractivity contribution in [2.45, 2.75) is 46.3 Å². The van der Waals surface area contributed by atoms with Crippen molar-refractivity contribution in [3.8, 4) is 0 Å². The number of hydrogen-bond acceptors (Lipinski definition) is 5. The monoisotopic (exact) mass is 513 g/mol. The van der Waals surface area contributed by atoms with Gasteiger partial charge in [0.1, 0.15) is 17.5 Å². The molecule has 11 heteroatoms. The zero-order valence-electron chi connectivity index (χ0n) is 21.7. The van der Waals surface area contributed by atoms with E-state index in [2.05, 4.69) is 20.9 Å². The Balaban J connectivity index is 1.55. The number of nitrogens with zero attached hydrogens (tertiary/aromatic N) is 1. The van der Waals surface area contributed by atoms with E-state index in [-0.39, 0.29) is 30.8 Å². The Morgan fingerprint density at radius 1 is 1.19 bits per heavy atom. The second kappa shape index (κ2) is 10.9. The number of aromatic amines is 1. The molecule has 0 aliphatic carbocycles. The molecule has 4 amide bonds. The average molecular weight is 514 g/mol. The van der Waals surface area contributed by atoms with Crippen LogP contribution in [-0.2, 0) is 14.3 Å². The van der Waals surface area contributed by atoms with Crippen molar-refractivity contribution in [1.82, 2.24) is 20.5 Å². The van der Waals surface area contributed by atoms with Gasteiger partial charge >= 0.3 is 6.09 Å². The molecule has 10 nitrogen and oxygen atoms in total. The minimum Gasteiger partial charge on any atom is -0.444 e. The molecule has 1 aliphatic rings. The SMILES string of the molecule is Cc1c(C(=O)NCCNC(=O)[C@H](C)N(C)C(=O)OC(C)(C)C)c[nH]c1C=C1C(=O)Nc2ccc(F)cc21. The molecule has 37 heavy (non-hydrogen) atoms. The van der Waals surface area contributed by atoms with E-state index in [0.717, 1.165) is 0 Å². The Bertz CT molecular complexity index is 1260. The van der Waals surface area contributed by atoms with E-state index in [1.807, 2.05) is 0 Å². The van der Waals surface area contributed by atoms with Crippen LogP contribution in [0.25, 0.3) is 11.6 Å². The predicted molar refractivity (Wildman–Crippen MR) is 137 cm³/mol. The van der Waals surface area contributed by atoms with Crippen LogP contribution >= 0.6 is 0 Å². The number of H-pyrrole nitrogens is 1. The van der Waals surface area contributed by atoms with Crippen LogP contribution in [0.5, 0.6) is 0 Å². The molecular weight excluding hydrogens is 481 g/mol. The number of carbonyl (C=O) groups is 4. The highest BCUT2D eigenvalue weighted by atomic mass is 19.1. The summed E-state index contributed by atoms with van der Waals surface area (Å²) in [5, 5.41) is 8.09. The average Bonchev–Trinajstić information content (AvgIpc) is 3.33. The molecule has 0 saturated heterocycles. The van der Waals surface area contributed by atoms with Crippen LogP contribution in [0, 0.1) is 12.7 Å². The van der Waals surface area contributed by atoms with Crippen molar-refractivity contribution in [2.24, 2.45) is 0 Å². The summed E-state index contributed by atoms with van der Waals surface area (Å²) in [4.78, 5) is 53.7. The summed E-state index contributed by atoms with van der Waals surface area (Å²) < 4.78 is 19.0. The number of aromatic nitrogens is 1. The van der Waals surface area contributed by atoms with E-state index in [9.17, 15) is 23.6 Å². The molecule has 1 aliphatic heterocycles. The number of anilines is 1. The van der Waals surface area contributed by atoms with Crippen molar-refractivity contribution in [3.63, 3.8) is 0 Å². The molecule has 4 N–H and O–H groups in total. The van der Waals surface area contributed by atoms with Crippen LogP contribution in [0.1, 0.15) is 54.9 Å². The number of benzene rings is 1. The predicted octanol–water partition coefficient (Wildman–Crippen LogP) is 3.06. The fourth-order valence-corrected chi connectivity index (χ4v) is 3.62. The van der Waals surface area contributed by atoms with Crippen LogP contribution < -0.4 is 16.0 Å². The molecule has 2 heterocycles. The molecule has 0 saturated carbocycles. The fourth-order valence-electron chi connectivity index (χ4n) is 3.62. The minimum atomic E-state index is -0.764. The number of amides is 4. The summed E-state index contributed by atoms with van der Waals surface area (Å²) in [6, 6.07) is 3.29. The lowest BCUT2D eigenvalue weighted by atomic mass is 10.0. The highest BCUT2D eigenvalue weighted by Gasteiger charge is 2.27. The number of likely N-dealkylation sites (N-methyl/N-ethyl adjacent to an activating group) is 1. The first-order valence-electron chi connectivity index (χ1n) is 11.8. The summed E-state index contributed by atoms with van der Waals surface area (Å²) in [6.45, 7) is 8.84. The summed E-state index contributed by atoms with van der Waals surface area (Å²) >= 11 is 0. The maximum atomic E-state index is 13.7. The van der Waals surface area contributed by atoms with Gasteiger partial charge in [0.25, 0.3) is 11.8 Å². The Labute approximate surface area is 214 Å². The standard InChI is InChI=1S/C26H32FN5O5/c1-14-19(13-30-21(14)12-18-17-11-16(27)7-8-20(17)31-24(18)35)23(34)29-10-9-28-22(33)15(2)32(6)25(36)37-26(3,4)5/h7-8,11-13,15,30H,9-10H2,1-6H3,(H,28,33)(H,29,34)(H,31,35)/t15-/m0/s1. The third-order valence-corrected chi connectivity index (χ3v) is 5.83. The van der Waals surface area contributed by atoms with Gasteiger partial charge in [-0.05, 0) is 64.5 Å². The normalized spacial score (nSPS) is 14.6. The van der Waals surface area contributed by atoms with Crippen molar-refractivity contribution in [3.05, 3.63) is 52.6 Å². The third kappa shape index (κ3) is 6.54. The summed E-state index contributed by atoms with van der Waals surface area (Å²) in [7, 11) is 1.48. The van der Waals surface area contributed by atoms with Gasteiger partial charge in [-0.3, -0.25) is 19.3 Å². The number of halogens is 1. The topological polar surface area (TPSA) is 133 Å². The molecule has 1 aromatic carbocycles. The van der Waals surface area contributed by atoms with Gasteiger partial charge in [0.05, 0.1) is 11.1 Å². The van der Waals surface area contributed by atoms with E-state index in [4.69, 9.17) is 4.74 Å². The second-order valence-corrected chi connectivity index (χ2v) is 9.76. The van der Waals surface area contributed by atoms with Gasteiger partial charge in [0.15, 0.2) is 0 Å². The number of ether oxygens (including phenoxy) is 1. The van der Waals surface area contributed by atoms with Crippen molar-refractivity contribution < 1.29 is 28.3 Å². The van der Waals surface area contributed by atoms with Gasteiger partial charge in [0.2, 0.25) is 5.91 Å². The number of carbonyl (C=O) groups excluding carboxylic acids is 4. The Kier molecular flexibility index (Phi) is 8.05. The lowest BCUT2D eigenvalue weighted by Crippen LogP contribution is -2.48. The molecule has 2 aromatic rings. The number of fused-ring (bicyclic) bond motifs is 1.